The quantitative estimate of drug-likeness (QED) is 0.206. The molecule has 0 aromatic rings. The molecule has 0 saturated heterocycles. The summed E-state index contributed by atoms with van der Waals surface area (Å²) in [5.41, 5.74) is 5.56. The van der Waals surface area contributed by atoms with E-state index in [4.69, 9.17) is 10.6 Å². The molecule has 158 valence electrons. The lowest BCUT2D eigenvalue weighted by atomic mass is 10.00. The lowest BCUT2D eigenvalue weighted by Crippen LogP contribution is -2.45. The fraction of sp³-hybridized carbons (Fsp3) is 1.00. The van der Waals surface area contributed by atoms with Gasteiger partial charge in [0, 0.05) is 0 Å². The van der Waals surface area contributed by atoms with Gasteiger partial charge in [0.15, 0.2) is 0 Å². The predicted octanol–water partition coefficient (Wildman–Crippen LogP) is 2.60. The normalized spacial score (nSPS) is 17.6. The molecule has 0 radical (unpaired) electrons. The highest BCUT2D eigenvalue weighted by molar-refractivity contribution is 7.44. The van der Waals surface area contributed by atoms with Crippen LogP contribution in [0.2, 0.25) is 0 Å². The summed E-state index contributed by atoms with van der Waals surface area (Å²) in [7, 11) is -4.86. The third-order valence-corrected chi connectivity index (χ3v) is 5.09. The highest BCUT2D eigenvalue weighted by Gasteiger charge is 2.24. The number of phosphoric ester groups is 1. The fourth-order valence-electron chi connectivity index (χ4n) is 2.93. The molecule has 8 heteroatoms. The van der Waals surface area contributed by atoms with Gasteiger partial charge in [0.2, 0.25) is 0 Å². The van der Waals surface area contributed by atoms with Crippen molar-refractivity contribution >= 4 is 7.82 Å². The Labute approximate surface area is 158 Å². The standard InChI is InChI=1S/C18H40NO6P/c1-2-3-4-5-6-7-8-9-10-11-12-13-14-17(20)18(21)16(19)15-25-26(22,23)24/h16-18,20-21H,2-15,19H2,1H3,(H2,22,23,24)/p-1/t16-,17-,18-/m1/s1. The summed E-state index contributed by atoms with van der Waals surface area (Å²) in [6.07, 6.45) is 12.7. The van der Waals surface area contributed by atoms with Crippen LogP contribution in [0.1, 0.15) is 90.4 Å². The Kier molecular flexibility index (Phi) is 16.0. The van der Waals surface area contributed by atoms with Crippen LogP contribution in [0.15, 0.2) is 0 Å². The van der Waals surface area contributed by atoms with Crippen molar-refractivity contribution in [1.82, 2.24) is 0 Å². The van der Waals surface area contributed by atoms with Crippen molar-refractivity contribution in [2.45, 2.75) is 109 Å². The van der Waals surface area contributed by atoms with Crippen LogP contribution in [0.5, 0.6) is 0 Å². The second-order valence-corrected chi connectivity index (χ2v) is 8.36. The average molecular weight is 396 g/mol. The minimum absolute atomic E-state index is 0.403. The van der Waals surface area contributed by atoms with E-state index in [-0.39, 0.29) is 0 Å². The van der Waals surface area contributed by atoms with Gasteiger partial charge in [0.05, 0.1) is 24.9 Å². The first-order chi connectivity index (χ1) is 12.3. The van der Waals surface area contributed by atoms with Crippen molar-refractivity contribution in [3.05, 3.63) is 0 Å². The zero-order chi connectivity index (χ0) is 19.8. The van der Waals surface area contributed by atoms with Crippen molar-refractivity contribution in [1.29, 1.82) is 0 Å². The third-order valence-electron chi connectivity index (χ3n) is 4.62. The van der Waals surface area contributed by atoms with Crippen molar-refractivity contribution in [3.8, 4) is 0 Å². The van der Waals surface area contributed by atoms with E-state index in [0.29, 0.717) is 6.42 Å². The molecule has 0 aliphatic carbocycles. The number of rotatable bonds is 18. The van der Waals surface area contributed by atoms with E-state index < -0.39 is 32.7 Å². The van der Waals surface area contributed by atoms with Crippen molar-refractivity contribution in [2.75, 3.05) is 6.61 Å². The van der Waals surface area contributed by atoms with Gasteiger partial charge in [0.25, 0.3) is 7.82 Å². The molecular formula is C18H39NO6P-. The molecule has 0 aromatic carbocycles. The molecule has 0 rings (SSSR count). The Hall–Kier alpha value is -0.0100. The van der Waals surface area contributed by atoms with Crippen LogP contribution >= 0.6 is 7.82 Å². The molecule has 0 aliphatic rings. The lowest BCUT2D eigenvalue weighted by molar-refractivity contribution is -0.220. The molecule has 0 saturated carbocycles. The monoisotopic (exact) mass is 396 g/mol. The summed E-state index contributed by atoms with van der Waals surface area (Å²) in [6.45, 7) is 1.67. The van der Waals surface area contributed by atoms with Gasteiger partial charge in [-0.3, -0.25) is 4.57 Å². The zero-order valence-corrected chi connectivity index (χ0v) is 17.1. The second kappa shape index (κ2) is 16.0. The summed E-state index contributed by atoms with van der Waals surface area (Å²) >= 11 is 0. The van der Waals surface area contributed by atoms with Gasteiger partial charge in [-0.05, 0) is 6.42 Å². The van der Waals surface area contributed by atoms with Gasteiger partial charge >= 0.3 is 0 Å². The number of aliphatic hydroxyl groups excluding tert-OH is 2. The summed E-state index contributed by atoms with van der Waals surface area (Å²) in [6, 6.07) is -1.07. The van der Waals surface area contributed by atoms with Crippen LogP contribution in [0.3, 0.4) is 0 Å². The molecule has 0 spiro atoms. The van der Waals surface area contributed by atoms with Gasteiger partial charge < -0.3 is 30.3 Å². The maximum absolute atomic E-state index is 10.5. The molecule has 0 aromatic heterocycles. The van der Waals surface area contributed by atoms with Crippen molar-refractivity contribution in [2.24, 2.45) is 5.73 Å². The van der Waals surface area contributed by atoms with Gasteiger partial charge in [0.1, 0.15) is 0 Å². The molecule has 0 bridgehead atoms. The second-order valence-electron chi connectivity index (χ2n) is 7.16. The largest absolute Gasteiger partial charge is 0.756 e. The zero-order valence-electron chi connectivity index (χ0n) is 16.2. The fourth-order valence-corrected chi connectivity index (χ4v) is 3.29. The summed E-state index contributed by atoms with van der Waals surface area (Å²) in [5.74, 6) is 0. The highest BCUT2D eigenvalue weighted by Crippen LogP contribution is 2.30. The van der Waals surface area contributed by atoms with Gasteiger partial charge in [-0.2, -0.15) is 0 Å². The Bertz CT molecular complexity index is 366. The van der Waals surface area contributed by atoms with Gasteiger partial charge in [-0.25, -0.2) is 0 Å². The smallest absolute Gasteiger partial charge is 0.265 e. The van der Waals surface area contributed by atoms with Gasteiger partial charge in [-0.1, -0.05) is 84.0 Å². The first kappa shape index (κ1) is 26.0. The van der Waals surface area contributed by atoms with Gasteiger partial charge in [-0.15, -0.1) is 0 Å². The molecular weight excluding hydrogens is 357 g/mol. The van der Waals surface area contributed by atoms with Crippen molar-refractivity contribution < 1.29 is 29.1 Å². The Balaban J connectivity index is 3.52. The van der Waals surface area contributed by atoms with Crippen LogP contribution in [0.4, 0.5) is 0 Å². The Morgan fingerprint density at radius 1 is 0.923 bits per heavy atom. The van der Waals surface area contributed by atoms with Crippen LogP contribution in [-0.4, -0.2) is 40.0 Å². The molecule has 0 fully saturated rings. The molecule has 7 nitrogen and oxygen atoms in total. The van der Waals surface area contributed by atoms with E-state index in [0.717, 1.165) is 19.3 Å². The minimum Gasteiger partial charge on any atom is -0.756 e. The number of hydrogen-bond donors (Lipinski definition) is 4. The van der Waals surface area contributed by atoms with E-state index in [1.54, 1.807) is 0 Å². The molecule has 26 heavy (non-hydrogen) atoms. The van der Waals surface area contributed by atoms with Crippen molar-refractivity contribution in [3.63, 3.8) is 0 Å². The van der Waals surface area contributed by atoms with E-state index >= 15 is 0 Å². The number of phosphoric acid groups is 1. The summed E-state index contributed by atoms with van der Waals surface area (Å²) < 4.78 is 14.6. The lowest BCUT2D eigenvalue weighted by Gasteiger charge is -2.25. The average Bonchev–Trinajstić information content (AvgIpc) is 2.59. The van der Waals surface area contributed by atoms with E-state index in [2.05, 4.69) is 11.4 Å². The molecule has 5 N–H and O–H groups in total. The van der Waals surface area contributed by atoms with Crippen LogP contribution in [-0.2, 0) is 9.09 Å². The van der Waals surface area contributed by atoms with E-state index in [9.17, 15) is 19.7 Å². The number of hydrogen-bond acceptors (Lipinski definition) is 6. The summed E-state index contributed by atoms with van der Waals surface area (Å²) in [5, 5.41) is 19.7. The van der Waals surface area contributed by atoms with Crippen LogP contribution < -0.4 is 10.6 Å². The third kappa shape index (κ3) is 16.2. The molecule has 0 amide bonds. The first-order valence-corrected chi connectivity index (χ1v) is 11.6. The number of aliphatic hydroxyl groups is 2. The number of nitrogens with two attached hydrogens (primary N) is 1. The SMILES string of the molecule is CCCCCCCCCCCCCC[C@@H](O)[C@H](O)[C@H](N)COP(=O)([O-])O. The Morgan fingerprint density at radius 3 is 1.77 bits per heavy atom. The van der Waals surface area contributed by atoms with E-state index in [1.165, 1.54) is 57.8 Å². The molecule has 0 aliphatic heterocycles. The number of unbranched alkanes of at least 4 members (excludes halogenated alkanes) is 11. The maximum Gasteiger partial charge on any atom is 0.265 e. The first-order valence-electron chi connectivity index (χ1n) is 10.1. The molecule has 0 heterocycles. The van der Waals surface area contributed by atoms with Crippen LogP contribution in [0.25, 0.3) is 0 Å². The minimum atomic E-state index is -4.86. The highest BCUT2D eigenvalue weighted by atomic mass is 31.2. The maximum atomic E-state index is 10.5. The van der Waals surface area contributed by atoms with Crippen LogP contribution in [0, 0.1) is 0 Å². The topological polar surface area (TPSA) is 136 Å². The summed E-state index contributed by atoms with van der Waals surface area (Å²) in [4.78, 5) is 19.0. The molecule has 1 unspecified atom stereocenters. The van der Waals surface area contributed by atoms with E-state index in [1.807, 2.05) is 0 Å². The molecule has 4 atom stereocenters. The predicted molar refractivity (Wildman–Crippen MR) is 101 cm³/mol. The Morgan fingerprint density at radius 2 is 1.35 bits per heavy atom.